The number of ether oxygens (including phenoxy) is 6. The van der Waals surface area contributed by atoms with Crippen LogP contribution < -0.4 is 25.5 Å². The number of ketones is 1. The van der Waals surface area contributed by atoms with E-state index in [1.165, 1.54) is 64.0 Å². The number of nitrogens with one attached hydrogen (secondary N) is 1. The number of fused-ring (bicyclic) bond motifs is 2. The Balaban J connectivity index is 1.16. The third-order valence-electron chi connectivity index (χ3n) is 14.7. The molecule has 0 saturated carbocycles. The average Bonchev–Trinajstić information content (AvgIpc) is 4.04. The summed E-state index contributed by atoms with van der Waals surface area (Å²) in [7, 11) is 1.43. The number of esters is 1. The number of imidazole rings is 1. The van der Waals surface area contributed by atoms with Crippen LogP contribution in [-0.4, -0.2) is 139 Å². The fourth-order valence-electron chi connectivity index (χ4n) is 10.3. The summed E-state index contributed by atoms with van der Waals surface area (Å²) in [5, 5.41) is 61.4. The molecule has 5 N–H and O–H groups in total. The summed E-state index contributed by atoms with van der Waals surface area (Å²) in [4.78, 5) is 80.3. The van der Waals surface area contributed by atoms with E-state index in [0.29, 0.717) is 0 Å². The molecule has 2 aromatic carbocycles. The number of carbonyl (C=O) groups is 4. The van der Waals surface area contributed by atoms with E-state index in [1.54, 1.807) is 44.7 Å². The first kappa shape index (κ1) is 52.4. The summed E-state index contributed by atoms with van der Waals surface area (Å²) in [6, 6.07) is 0.0824. The molecule has 1 saturated heterocycles. The number of nitrogens with zero attached hydrogens (tertiary/aromatic N) is 6. The number of phenols is 2. The minimum atomic E-state index is -2.05. The summed E-state index contributed by atoms with van der Waals surface area (Å²) < 4.78 is 36.8. The molecule has 3 aromatic rings. The molecular formula is C50H61N7O16. The van der Waals surface area contributed by atoms with Gasteiger partial charge in [-0.25, -0.2) is 4.99 Å². The zero-order valence-electron chi connectivity index (χ0n) is 42.0. The second-order valence-corrected chi connectivity index (χ2v) is 19.7. The van der Waals surface area contributed by atoms with Crippen LogP contribution >= 0.6 is 0 Å². The SMILES string of the molecule is CO[C@H]1/C=C/O[C@@]2(C)Oc3c(C)c(O)c4c(O)c(c5c(c4c3C2=O)NC2(CCN(C(=O)CO[C@@H]3COc4nc([N+](=O)[O-])cn4C3)CC2)N=5)=NC(=O)/C(C)=C\C=C\[C@H](C)[C@H](O)[C@@H](C)[C@@H](O)[C@@H](C)C(OC(C)=O)[C@@H]1C. The van der Waals surface area contributed by atoms with E-state index in [-0.39, 0.29) is 113 Å². The molecule has 0 radical (unpaired) electrons. The van der Waals surface area contributed by atoms with Crippen LogP contribution in [0.15, 0.2) is 52.3 Å². The van der Waals surface area contributed by atoms with Crippen molar-refractivity contribution in [2.75, 3.05) is 38.7 Å². The number of aliphatic hydroxyl groups is 2. The Bertz CT molecular complexity index is 2980. The van der Waals surface area contributed by atoms with Crippen molar-refractivity contribution < 1.29 is 72.9 Å². The second kappa shape index (κ2) is 20.2. The van der Waals surface area contributed by atoms with Gasteiger partial charge in [0.1, 0.15) is 59.5 Å². The first-order valence-corrected chi connectivity index (χ1v) is 24.1. The number of Topliss-reactive ketones (excluding diaryl/α,β-unsaturated/α-hetero) is 1. The maximum Gasteiger partial charge on any atom is 0.414 e. The zero-order chi connectivity index (χ0) is 53.0. The van der Waals surface area contributed by atoms with E-state index in [9.17, 15) is 49.7 Å². The highest BCUT2D eigenvalue weighted by molar-refractivity contribution is 6.21. The number of aliphatic hydroxyl groups excluding tert-OH is 2. The number of rotatable bonds is 6. The summed E-state index contributed by atoms with van der Waals surface area (Å²) in [6.45, 7) is 12.8. The lowest BCUT2D eigenvalue weighted by molar-refractivity contribution is -0.389. The van der Waals surface area contributed by atoms with Crippen molar-refractivity contribution >= 4 is 45.8 Å². The van der Waals surface area contributed by atoms with Crippen LogP contribution in [0.3, 0.4) is 0 Å². The molecule has 23 heteroatoms. The zero-order valence-corrected chi connectivity index (χ0v) is 42.0. The highest BCUT2D eigenvalue weighted by Gasteiger charge is 2.51. The first-order valence-electron chi connectivity index (χ1n) is 24.1. The van der Waals surface area contributed by atoms with Crippen molar-refractivity contribution in [2.24, 2.45) is 33.7 Å². The quantitative estimate of drug-likeness (QED) is 0.102. The Labute approximate surface area is 418 Å². The number of aromatic hydroxyl groups is 2. The number of amides is 2. The predicted molar refractivity (Wildman–Crippen MR) is 257 cm³/mol. The van der Waals surface area contributed by atoms with E-state index in [0.717, 1.165) is 0 Å². The standard InChI is InChI=1S/C50H61N7O16/c1-23-11-10-12-24(2)47(65)52-39-38-37(53-50(54-38)14-16-55(17-15-50)33(59)22-69-30-19-56-20-32(57(66)67)51-48(56)70-21-30)34-35(43(39)63)42(62)28(6)45-36(34)46(64)49(8,73-45)71-18-13-31(68-9)25(3)44(72-29(7)58)27(5)41(61)26(4)40(23)60/h10-13,18,20,23,25-27,30-31,40-41,44,53,60-63H,14-17,19,21-22H2,1-9H3/b11-10+,18-13+,24-12-,52-39?/t23-,25+,26+,27+,30-,31-,40-,41+,44?,49-/m0/s1. The van der Waals surface area contributed by atoms with Crippen molar-refractivity contribution in [2.45, 2.75) is 117 Å². The number of anilines is 1. The first-order chi connectivity index (χ1) is 34.5. The monoisotopic (exact) mass is 1020 g/mol. The maximum absolute atomic E-state index is 14.9. The van der Waals surface area contributed by atoms with Gasteiger partial charge in [-0.15, -0.1) is 0 Å². The summed E-state index contributed by atoms with van der Waals surface area (Å²) in [5.41, 5.74) is -0.871. The number of nitro groups is 1. The van der Waals surface area contributed by atoms with Crippen LogP contribution in [0.2, 0.25) is 0 Å². The van der Waals surface area contributed by atoms with Gasteiger partial charge in [-0.1, -0.05) is 45.9 Å². The minimum Gasteiger partial charge on any atom is -0.507 e. The van der Waals surface area contributed by atoms with Gasteiger partial charge in [0.25, 0.3) is 11.7 Å². The van der Waals surface area contributed by atoms with Crippen molar-refractivity contribution in [3.05, 3.63) is 74.3 Å². The number of piperidine rings is 1. The number of hydrogen-bond donors (Lipinski definition) is 5. The van der Waals surface area contributed by atoms with E-state index >= 15 is 0 Å². The van der Waals surface area contributed by atoms with Gasteiger partial charge in [-0.3, -0.25) is 28.7 Å². The fourth-order valence-corrected chi connectivity index (χ4v) is 10.3. The van der Waals surface area contributed by atoms with Crippen LogP contribution in [0, 0.1) is 40.7 Å². The van der Waals surface area contributed by atoms with Crippen molar-refractivity contribution in [3.63, 3.8) is 0 Å². The Morgan fingerprint density at radius 3 is 2.38 bits per heavy atom. The number of likely N-dealkylation sites (tertiary alicyclic amines) is 1. The predicted octanol–water partition coefficient (Wildman–Crippen LogP) is 3.20. The Kier molecular flexibility index (Phi) is 14.5. The minimum absolute atomic E-state index is 0.0149. The van der Waals surface area contributed by atoms with E-state index < -0.39 is 99.7 Å². The summed E-state index contributed by atoms with van der Waals surface area (Å²) >= 11 is 0. The van der Waals surface area contributed by atoms with Gasteiger partial charge in [0.15, 0.2) is 5.75 Å². The van der Waals surface area contributed by atoms with Crippen molar-refractivity contribution in [1.29, 1.82) is 0 Å². The number of carbonyl (C=O) groups excluding carboxylic acids is 4. The molecule has 6 heterocycles. The molecule has 1 spiro atoms. The summed E-state index contributed by atoms with van der Waals surface area (Å²) in [5.74, 6) is -8.60. The number of methoxy groups -OCH3 is 1. The lowest BCUT2D eigenvalue weighted by Gasteiger charge is -2.38. The normalized spacial score (nSPS) is 30.6. The van der Waals surface area contributed by atoms with Crippen LogP contribution in [-0.2, 0) is 39.9 Å². The molecule has 73 heavy (non-hydrogen) atoms. The highest BCUT2D eigenvalue weighted by Crippen LogP contribution is 2.51. The van der Waals surface area contributed by atoms with Gasteiger partial charge in [0.2, 0.25) is 5.91 Å². The van der Waals surface area contributed by atoms with Gasteiger partial charge < -0.3 is 69.2 Å². The molecule has 8 rings (SSSR count). The Morgan fingerprint density at radius 2 is 1.71 bits per heavy atom. The molecular weight excluding hydrogens is 955 g/mol. The van der Waals surface area contributed by atoms with Crippen LogP contribution in [0.25, 0.3) is 10.8 Å². The lowest BCUT2D eigenvalue weighted by Crippen LogP contribution is -2.50. The third kappa shape index (κ3) is 9.73. The molecule has 10 atom stereocenters. The number of allylic oxidation sites excluding steroid dienone is 2. The molecule has 5 aliphatic rings. The molecule has 5 aliphatic heterocycles. The van der Waals surface area contributed by atoms with Gasteiger partial charge in [0.05, 0.1) is 47.8 Å². The molecule has 392 valence electrons. The molecule has 1 fully saturated rings. The van der Waals surface area contributed by atoms with Crippen LogP contribution in [0.1, 0.15) is 77.2 Å². The largest absolute Gasteiger partial charge is 0.507 e. The topological polar surface area (TPSA) is 306 Å². The summed E-state index contributed by atoms with van der Waals surface area (Å²) in [6.07, 6.45) is 4.48. The van der Waals surface area contributed by atoms with Gasteiger partial charge in [-0.2, -0.15) is 0 Å². The van der Waals surface area contributed by atoms with Gasteiger partial charge in [-0.05, 0) is 24.8 Å². The van der Waals surface area contributed by atoms with Crippen LogP contribution in [0.5, 0.6) is 23.3 Å². The molecule has 1 aromatic heterocycles. The highest BCUT2D eigenvalue weighted by atomic mass is 16.7. The van der Waals surface area contributed by atoms with E-state index in [4.69, 9.17) is 33.4 Å². The van der Waals surface area contributed by atoms with Gasteiger partial charge in [0, 0.05) is 92.1 Å². The van der Waals surface area contributed by atoms with Gasteiger partial charge >= 0.3 is 23.6 Å². The second-order valence-electron chi connectivity index (χ2n) is 19.7. The average molecular weight is 1020 g/mol. The maximum atomic E-state index is 14.9. The smallest absolute Gasteiger partial charge is 0.414 e. The number of phenolic OH excluding ortho intramolecular Hbond substituents is 2. The third-order valence-corrected chi connectivity index (χ3v) is 14.7. The fraction of sp³-hybridized carbons (Fsp3) is 0.540. The molecule has 2 amide bonds. The number of benzene rings is 2. The number of hydrogen-bond acceptors (Lipinski definition) is 19. The molecule has 0 aliphatic carbocycles. The molecule has 4 bridgehead atoms. The Morgan fingerprint density at radius 1 is 1.00 bits per heavy atom. The van der Waals surface area contributed by atoms with E-state index in [1.807, 2.05) is 0 Å². The lowest BCUT2D eigenvalue weighted by atomic mass is 9.78. The van der Waals surface area contributed by atoms with Crippen LogP contribution in [0.4, 0.5) is 11.5 Å². The molecule has 23 nitrogen and oxygen atoms in total. The number of aromatic nitrogens is 2. The van der Waals surface area contributed by atoms with E-state index in [2.05, 4.69) is 15.3 Å². The van der Waals surface area contributed by atoms with Crippen molar-refractivity contribution in [3.8, 4) is 23.3 Å². The molecule has 1 unspecified atom stereocenters. The van der Waals surface area contributed by atoms with Crippen molar-refractivity contribution in [1.82, 2.24) is 14.5 Å². The Hall–Kier alpha value is -6.95.